The maximum absolute atomic E-state index is 12.4. The quantitative estimate of drug-likeness (QED) is 0.797. The fraction of sp³-hybridized carbons (Fsp3) is 0.222. The Kier molecular flexibility index (Phi) is 5.27. The Labute approximate surface area is 148 Å². The summed E-state index contributed by atoms with van der Waals surface area (Å²) in [6.45, 7) is 0. The molecule has 0 bridgehead atoms. The van der Waals surface area contributed by atoms with Crippen LogP contribution in [0.5, 0.6) is 0 Å². The molecule has 0 aromatic heterocycles. The molecule has 0 amide bonds. The number of carbonyl (C=O) groups excluding carboxylic acids is 1. The molecule has 1 N–H and O–H groups in total. The molecule has 1 aliphatic heterocycles. The molecular formula is C18H16BrNO4. The van der Waals surface area contributed by atoms with Crippen LogP contribution in [0, 0.1) is 0 Å². The van der Waals surface area contributed by atoms with Crippen LogP contribution in [-0.2, 0) is 14.4 Å². The number of aliphatic hydroxyl groups is 1. The van der Waals surface area contributed by atoms with E-state index in [1.165, 1.54) is 0 Å². The molecule has 1 heterocycles. The first kappa shape index (κ1) is 16.7. The van der Waals surface area contributed by atoms with Crippen molar-refractivity contribution in [1.82, 2.24) is 0 Å². The van der Waals surface area contributed by atoms with Crippen molar-refractivity contribution in [2.75, 3.05) is 0 Å². The number of nitrogens with zero attached hydrogens (tertiary/aromatic N) is 1. The summed E-state index contributed by atoms with van der Waals surface area (Å²) in [7, 11) is 0. The summed E-state index contributed by atoms with van der Waals surface area (Å²) in [6.07, 6.45) is -2.41. The fourth-order valence-corrected chi connectivity index (χ4v) is 2.86. The van der Waals surface area contributed by atoms with Crippen LogP contribution in [0.15, 0.2) is 65.8 Å². The van der Waals surface area contributed by atoms with Gasteiger partial charge >= 0.3 is 5.97 Å². The van der Waals surface area contributed by atoms with Crippen LogP contribution in [0.3, 0.4) is 0 Å². The van der Waals surface area contributed by atoms with Gasteiger partial charge in [0, 0.05) is 6.42 Å². The van der Waals surface area contributed by atoms with E-state index in [-0.39, 0.29) is 0 Å². The van der Waals surface area contributed by atoms with E-state index in [1.54, 1.807) is 0 Å². The highest BCUT2D eigenvalue weighted by Gasteiger charge is 2.35. The van der Waals surface area contributed by atoms with Crippen molar-refractivity contribution in [3.8, 4) is 0 Å². The molecule has 2 atom stereocenters. The van der Waals surface area contributed by atoms with E-state index < -0.39 is 24.3 Å². The van der Waals surface area contributed by atoms with Gasteiger partial charge in [-0.2, -0.15) is 0 Å². The van der Waals surface area contributed by atoms with Gasteiger partial charge in [0.2, 0.25) is 0 Å². The van der Waals surface area contributed by atoms with Gasteiger partial charge in [0.25, 0.3) is 0 Å². The van der Waals surface area contributed by atoms with Gasteiger partial charge in [0.05, 0.1) is 0 Å². The number of hydrogen-bond acceptors (Lipinski definition) is 5. The van der Waals surface area contributed by atoms with E-state index in [2.05, 4.69) is 21.1 Å². The highest BCUT2D eigenvalue weighted by Crippen LogP contribution is 2.27. The van der Waals surface area contributed by atoms with E-state index in [0.717, 1.165) is 11.1 Å². The number of rotatable bonds is 5. The SMILES string of the molecule is O=C(OC(c1ccccc1)c1ccccc1)C(O)C1CC(Br)=NO1. The number of carbonyl (C=O) groups is 1. The molecule has 0 aliphatic carbocycles. The number of halogens is 1. The maximum Gasteiger partial charge on any atom is 0.339 e. The predicted octanol–water partition coefficient (Wildman–Crippen LogP) is 3.18. The van der Waals surface area contributed by atoms with E-state index in [0.29, 0.717) is 11.0 Å². The summed E-state index contributed by atoms with van der Waals surface area (Å²) in [6, 6.07) is 18.8. The van der Waals surface area contributed by atoms with Gasteiger partial charge in [-0.1, -0.05) is 65.8 Å². The number of ether oxygens (including phenoxy) is 1. The predicted molar refractivity (Wildman–Crippen MR) is 92.7 cm³/mol. The molecule has 6 heteroatoms. The van der Waals surface area contributed by atoms with Gasteiger partial charge in [0.15, 0.2) is 18.3 Å². The summed E-state index contributed by atoms with van der Waals surface area (Å²) in [5, 5.41) is 13.9. The molecule has 124 valence electrons. The topological polar surface area (TPSA) is 68.1 Å². The minimum atomic E-state index is -1.40. The lowest BCUT2D eigenvalue weighted by atomic mass is 10.0. The van der Waals surface area contributed by atoms with E-state index in [1.807, 2.05) is 60.7 Å². The monoisotopic (exact) mass is 389 g/mol. The third kappa shape index (κ3) is 3.83. The zero-order valence-electron chi connectivity index (χ0n) is 12.7. The van der Waals surface area contributed by atoms with Crippen molar-refractivity contribution in [2.24, 2.45) is 5.16 Å². The van der Waals surface area contributed by atoms with Crippen LogP contribution >= 0.6 is 15.9 Å². The Bertz CT molecular complexity index is 681. The molecule has 0 saturated carbocycles. The molecule has 2 aromatic rings. The minimum absolute atomic E-state index is 0.331. The van der Waals surface area contributed by atoms with Crippen LogP contribution in [0.4, 0.5) is 0 Å². The van der Waals surface area contributed by atoms with Crippen molar-refractivity contribution in [3.63, 3.8) is 0 Å². The molecule has 0 fully saturated rings. The highest BCUT2D eigenvalue weighted by molar-refractivity contribution is 9.18. The molecule has 0 radical (unpaired) electrons. The molecule has 0 saturated heterocycles. The molecule has 0 spiro atoms. The first-order chi connectivity index (χ1) is 11.6. The van der Waals surface area contributed by atoms with Crippen LogP contribution in [0.25, 0.3) is 0 Å². The van der Waals surface area contributed by atoms with Gasteiger partial charge < -0.3 is 14.7 Å². The lowest BCUT2D eigenvalue weighted by Crippen LogP contribution is -2.36. The van der Waals surface area contributed by atoms with Crippen molar-refractivity contribution < 1.29 is 19.5 Å². The lowest BCUT2D eigenvalue weighted by molar-refractivity contribution is -0.165. The third-order valence-corrected chi connectivity index (χ3v) is 4.16. The molecule has 2 aromatic carbocycles. The second-order valence-corrected chi connectivity index (χ2v) is 6.31. The third-order valence-electron chi connectivity index (χ3n) is 3.69. The normalized spacial score (nSPS) is 18.0. The van der Waals surface area contributed by atoms with E-state index in [4.69, 9.17) is 9.57 Å². The van der Waals surface area contributed by atoms with Gasteiger partial charge in [0.1, 0.15) is 4.62 Å². The summed E-state index contributed by atoms with van der Waals surface area (Å²) in [5.74, 6) is -0.741. The highest BCUT2D eigenvalue weighted by atomic mass is 79.9. The summed E-state index contributed by atoms with van der Waals surface area (Å²) in [4.78, 5) is 17.4. The Morgan fingerprint density at radius 2 is 1.67 bits per heavy atom. The number of oxime groups is 1. The number of aliphatic hydroxyl groups excluding tert-OH is 1. The van der Waals surface area contributed by atoms with Crippen molar-refractivity contribution in [3.05, 3.63) is 71.8 Å². The van der Waals surface area contributed by atoms with Crippen LogP contribution in [-0.4, -0.2) is 27.9 Å². The first-order valence-electron chi connectivity index (χ1n) is 7.52. The number of hydrogen-bond donors (Lipinski definition) is 1. The molecule has 1 aliphatic rings. The Morgan fingerprint density at radius 3 is 2.12 bits per heavy atom. The maximum atomic E-state index is 12.4. The molecule has 5 nitrogen and oxygen atoms in total. The second-order valence-electron chi connectivity index (χ2n) is 5.40. The molecule has 2 unspecified atom stereocenters. The lowest BCUT2D eigenvalue weighted by Gasteiger charge is -2.22. The Morgan fingerprint density at radius 1 is 1.12 bits per heavy atom. The summed E-state index contributed by atoms with van der Waals surface area (Å²) >= 11 is 3.18. The van der Waals surface area contributed by atoms with Gasteiger partial charge in [-0.15, -0.1) is 0 Å². The van der Waals surface area contributed by atoms with Crippen LogP contribution < -0.4 is 0 Å². The van der Waals surface area contributed by atoms with Crippen LogP contribution in [0.2, 0.25) is 0 Å². The molecule has 3 rings (SSSR count). The Hall–Kier alpha value is -2.18. The fourth-order valence-electron chi connectivity index (χ4n) is 2.46. The zero-order valence-corrected chi connectivity index (χ0v) is 14.3. The Balaban J connectivity index is 1.78. The van der Waals surface area contributed by atoms with Gasteiger partial charge in [-0.25, -0.2) is 4.79 Å². The largest absolute Gasteiger partial charge is 0.451 e. The molecular weight excluding hydrogens is 374 g/mol. The van der Waals surface area contributed by atoms with Gasteiger partial charge in [-0.05, 0) is 27.1 Å². The smallest absolute Gasteiger partial charge is 0.339 e. The van der Waals surface area contributed by atoms with Crippen molar-refractivity contribution >= 4 is 26.5 Å². The van der Waals surface area contributed by atoms with Crippen molar-refractivity contribution in [1.29, 1.82) is 0 Å². The average molecular weight is 390 g/mol. The number of esters is 1. The van der Waals surface area contributed by atoms with Crippen LogP contribution in [0.1, 0.15) is 23.7 Å². The first-order valence-corrected chi connectivity index (χ1v) is 8.31. The average Bonchev–Trinajstić information content (AvgIpc) is 3.06. The van der Waals surface area contributed by atoms with Gasteiger partial charge in [-0.3, -0.25) is 0 Å². The van der Waals surface area contributed by atoms with E-state index >= 15 is 0 Å². The standard InChI is InChI=1S/C18H16BrNO4/c19-15-11-14(24-20-15)16(21)18(22)23-17(12-7-3-1-4-8-12)13-9-5-2-6-10-13/h1-10,14,16-17,21H,11H2. The zero-order chi connectivity index (χ0) is 16.9. The number of benzene rings is 2. The summed E-state index contributed by atoms with van der Waals surface area (Å²) in [5.41, 5.74) is 1.66. The second kappa shape index (κ2) is 7.59. The molecule has 24 heavy (non-hydrogen) atoms. The summed E-state index contributed by atoms with van der Waals surface area (Å²) < 4.78 is 6.15. The van der Waals surface area contributed by atoms with E-state index in [9.17, 15) is 9.90 Å². The van der Waals surface area contributed by atoms with Crippen molar-refractivity contribution in [2.45, 2.75) is 24.7 Å². The minimum Gasteiger partial charge on any atom is -0.451 e.